The molecule has 1 amide bonds. The molecule has 2 aliphatic heterocycles. The molecule has 0 radical (unpaired) electrons. The monoisotopic (exact) mass is 510 g/mol. The number of benzene rings is 1. The molecule has 11 heteroatoms. The minimum absolute atomic E-state index is 0.0127. The van der Waals surface area contributed by atoms with Gasteiger partial charge in [-0.15, -0.1) is 10.2 Å². The van der Waals surface area contributed by atoms with Crippen LogP contribution in [-0.2, 0) is 15.0 Å². The number of anilines is 2. The van der Waals surface area contributed by atoms with Crippen LogP contribution in [0.3, 0.4) is 0 Å². The third kappa shape index (κ3) is 3.38. The van der Waals surface area contributed by atoms with Gasteiger partial charge in [0.2, 0.25) is 11.0 Å². The van der Waals surface area contributed by atoms with Crippen molar-refractivity contribution in [3.8, 4) is 6.07 Å². The summed E-state index contributed by atoms with van der Waals surface area (Å²) in [5.74, 6) is -1.47. The first-order valence-electron chi connectivity index (χ1n) is 11.1. The van der Waals surface area contributed by atoms with E-state index in [-0.39, 0.29) is 40.0 Å². The number of halogens is 1. The van der Waals surface area contributed by atoms with E-state index in [4.69, 9.17) is 5.73 Å². The maximum absolute atomic E-state index is 14.4. The Morgan fingerprint density at radius 1 is 1.29 bits per heavy atom. The van der Waals surface area contributed by atoms with Gasteiger partial charge < -0.3 is 11.1 Å². The van der Waals surface area contributed by atoms with Crippen molar-refractivity contribution in [2.45, 2.75) is 55.5 Å². The van der Waals surface area contributed by atoms with Gasteiger partial charge in [0.25, 0.3) is 0 Å². The molecule has 2 aromatic rings. The Morgan fingerprint density at radius 3 is 2.71 bits per heavy atom. The number of carbonyl (C=O) groups is 2. The summed E-state index contributed by atoms with van der Waals surface area (Å²) in [6, 6.07) is 5.95. The zero-order valence-electron chi connectivity index (χ0n) is 19.6. The van der Waals surface area contributed by atoms with Crippen LogP contribution in [0.15, 0.2) is 45.2 Å². The zero-order chi connectivity index (χ0) is 25.3. The molecule has 5 rings (SSSR count). The Balaban J connectivity index is 1.83. The molecule has 8 nitrogen and oxygen atoms in total. The van der Waals surface area contributed by atoms with E-state index in [0.717, 1.165) is 4.34 Å². The van der Waals surface area contributed by atoms with Crippen molar-refractivity contribution in [1.29, 1.82) is 5.26 Å². The molecule has 3 aliphatic rings. The predicted octanol–water partition coefficient (Wildman–Crippen LogP) is 4.22. The van der Waals surface area contributed by atoms with Crippen LogP contribution < -0.4 is 16.0 Å². The van der Waals surface area contributed by atoms with E-state index in [1.807, 2.05) is 27.7 Å². The average Bonchev–Trinajstić information content (AvgIpc) is 3.30. The maximum Gasteiger partial charge on any atom is 0.245 e. The lowest BCUT2D eigenvalue weighted by Gasteiger charge is -2.45. The summed E-state index contributed by atoms with van der Waals surface area (Å²) in [6.45, 7) is 8.00. The molecule has 0 fully saturated rings. The number of nitrogens with one attached hydrogen (secondary N) is 1. The molecule has 0 bridgehead atoms. The number of hydrogen-bond donors (Lipinski definition) is 2. The Labute approximate surface area is 210 Å². The van der Waals surface area contributed by atoms with E-state index in [2.05, 4.69) is 21.6 Å². The SMILES string of the molecule is CC(C)Sc1nnc(N2C(N)=C(C#N)[C@]3(C(=O)Nc4ccc(F)cc43)C3=C2CC(C)(C)CC3=O)s1. The fourth-order valence-electron chi connectivity index (χ4n) is 5.15. The predicted molar refractivity (Wildman–Crippen MR) is 132 cm³/mol. The second kappa shape index (κ2) is 7.90. The van der Waals surface area contributed by atoms with E-state index in [1.54, 1.807) is 4.90 Å². The number of hydrogen-bond acceptors (Lipinski definition) is 9. The number of allylic oxidation sites excluding steroid dienone is 1. The molecule has 3 N–H and O–H groups in total. The first-order chi connectivity index (χ1) is 16.5. The second-order valence-electron chi connectivity index (χ2n) is 9.88. The highest BCUT2D eigenvalue weighted by molar-refractivity contribution is 8.01. The number of thioether (sulfide) groups is 1. The van der Waals surface area contributed by atoms with Gasteiger partial charge in [-0.05, 0) is 30.0 Å². The van der Waals surface area contributed by atoms with Crippen molar-refractivity contribution in [3.63, 3.8) is 0 Å². The molecule has 0 saturated carbocycles. The van der Waals surface area contributed by atoms with Crippen molar-refractivity contribution in [2.75, 3.05) is 10.2 Å². The van der Waals surface area contributed by atoms with Gasteiger partial charge in [0.05, 0.1) is 5.57 Å². The Bertz CT molecular complexity index is 1400. The number of Topliss-reactive ketones (excluding diaryl/α,β-unsaturated/α-hetero) is 1. The van der Waals surface area contributed by atoms with Crippen LogP contribution >= 0.6 is 23.1 Å². The zero-order valence-corrected chi connectivity index (χ0v) is 21.2. The van der Waals surface area contributed by atoms with Crippen molar-refractivity contribution >= 4 is 45.6 Å². The highest BCUT2D eigenvalue weighted by atomic mass is 32.2. The fraction of sp³-hybridized carbons (Fsp3) is 0.375. The van der Waals surface area contributed by atoms with Gasteiger partial charge in [-0.1, -0.05) is 50.8 Å². The summed E-state index contributed by atoms with van der Waals surface area (Å²) in [5.41, 5.74) is 5.46. The van der Waals surface area contributed by atoms with Crippen LogP contribution in [0.5, 0.6) is 0 Å². The van der Waals surface area contributed by atoms with Crippen LogP contribution in [0.2, 0.25) is 0 Å². The number of nitrogens with zero attached hydrogens (tertiary/aromatic N) is 4. The van der Waals surface area contributed by atoms with Gasteiger partial charge in [0, 0.05) is 34.2 Å². The molecular formula is C24H23FN6O2S2. The van der Waals surface area contributed by atoms with Crippen molar-refractivity contribution in [2.24, 2.45) is 11.1 Å². The van der Waals surface area contributed by atoms with Crippen LogP contribution in [-0.4, -0.2) is 27.1 Å². The maximum atomic E-state index is 14.4. The molecule has 1 aromatic heterocycles. The number of aromatic nitrogens is 2. The normalized spacial score (nSPS) is 23.1. The van der Waals surface area contributed by atoms with E-state index in [1.165, 1.54) is 41.3 Å². The minimum atomic E-state index is -1.82. The van der Waals surface area contributed by atoms with Gasteiger partial charge in [-0.2, -0.15) is 5.26 Å². The first-order valence-corrected chi connectivity index (χ1v) is 12.8. The van der Waals surface area contributed by atoms with Crippen LogP contribution in [0.25, 0.3) is 0 Å². The third-order valence-corrected chi connectivity index (χ3v) is 8.38. The minimum Gasteiger partial charge on any atom is -0.384 e. The van der Waals surface area contributed by atoms with Crippen LogP contribution in [0.4, 0.5) is 15.2 Å². The third-order valence-electron chi connectivity index (χ3n) is 6.38. The molecule has 3 heterocycles. The molecule has 1 aromatic carbocycles. The number of nitriles is 1. The van der Waals surface area contributed by atoms with Gasteiger partial charge in [-0.3, -0.25) is 14.5 Å². The van der Waals surface area contributed by atoms with E-state index < -0.39 is 22.6 Å². The molecule has 1 atom stereocenters. The Morgan fingerprint density at radius 2 is 2.03 bits per heavy atom. The summed E-state index contributed by atoms with van der Waals surface area (Å²) in [6.07, 6.45) is 0.571. The number of carbonyl (C=O) groups excluding carboxylic acids is 2. The highest BCUT2D eigenvalue weighted by Crippen LogP contribution is 2.57. The lowest BCUT2D eigenvalue weighted by molar-refractivity contribution is -0.123. The quantitative estimate of drug-likeness (QED) is 0.588. The van der Waals surface area contributed by atoms with Gasteiger partial charge in [0.15, 0.2) is 10.1 Å². The van der Waals surface area contributed by atoms with Gasteiger partial charge in [-0.25, -0.2) is 4.39 Å². The van der Waals surface area contributed by atoms with Crippen molar-refractivity contribution in [3.05, 3.63) is 52.2 Å². The molecule has 0 saturated heterocycles. The van der Waals surface area contributed by atoms with Gasteiger partial charge in [0.1, 0.15) is 23.1 Å². The Kier molecular flexibility index (Phi) is 5.30. The van der Waals surface area contributed by atoms with E-state index in [0.29, 0.717) is 22.9 Å². The van der Waals surface area contributed by atoms with Crippen LogP contribution in [0.1, 0.15) is 46.1 Å². The topological polar surface area (TPSA) is 125 Å². The highest BCUT2D eigenvalue weighted by Gasteiger charge is 2.61. The second-order valence-corrected chi connectivity index (χ2v) is 12.7. The van der Waals surface area contributed by atoms with Crippen LogP contribution in [0, 0.1) is 22.6 Å². The van der Waals surface area contributed by atoms with E-state index >= 15 is 0 Å². The molecule has 35 heavy (non-hydrogen) atoms. The number of nitrogens with two attached hydrogens (primary N) is 1. The number of rotatable bonds is 3. The number of amides is 1. The lowest BCUT2D eigenvalue weighted by Crippen LogP contribution is -2.52. The molecule has 1 spiro atoms. The fourth-order valence-corrected chi connectivity index (χ4v) is 7.26. The first kappa shape index (κ1) is 23.5. The Hall–Kier alpha value is -3.23. The standard InChI is InChI=1S/C24H23FN6O2S2/c1-11(2)34-22-30-29-21(35-22)31-16-8-23(3,4)9-17(32)18(16)24(14(10-26)19(31)27)13-7-12(25)5-6-15(13)28-20(24)33/h5-7,11H,8-9,27H2,1-4H3,(H,28,33)/t24-/m0/s1. The smallest absolute Gasteiger partial charge is 0.245 e. The number of ketones is 1. The molecular weight excluding hydrogens is 487 g/mol. The summed E-state index contributed by atoms with van der Waals surface area (Å²) in [5, 5.41) is 22.3. The largest absolute Gasteiger partial charge is 0.384 e. The summed E-state index contributed by atoms with van der Waals surface area (Å²) >= 11 is 2.84. The molecule has 180 valence electrons. The van der Waals surface area contributed by atoms with Crippen molar-refractivity contribution < 1.29 is 14.0 Å². The lowest BCUT2D eigenvalue weighted by atomic mass is 9.61. The average molecular weight is 511 g/mol. The molecule has 0 unspecified atom stereocenters. The summed E-state index contributed by atoms with van der Waals surface area (Å²) in [4.78, 5) is 29.0. The number of fused-ring (bicyclic) bond motifs is 3. The summed E-state index contributed by atoms with van der Waals surface area (Å²) in [7, 11) is 0. The van der Waals surface area contributed by atoms with Crippen molar-refractivity contribution in [1.82, 2.24) is 10.2 Å². The molecule has 1 aliphatic carbocycles. The van der Waals surface area contributed by atoms with E-state index in [9.17, 15) is 19.2 Å². The van der Waals surface area contributed by atoms with Gasteiger partial charge >= 0.3 is 0 Å². The summed E-state index contributed by atoms with van der Waals surface area (Å²) < 4.78 is 15.2.